The van der Waals surface area contributed by atoms with Gasteiger partial charge in [-0.2, -0.15) is 0 Å². The molecule has 0 spiro atoms. The van der Waals surface area contributed by atoms with E-state index in [0.717, 1.165) is 37.3 Å². The number of carbonyl (C=O) groups is 1. The van der Waals surface area contributed by atoms with Gasteiger partial charge >= 0.3 is 0 Å². The first-order chi connectivity index (χ1) is 19.1. The lowest BCUT2D eigenvalue weighted by Gasteiger charge is -2.55. The molecule has 4 aliphatic carbocycles. The van der Waals surface area contributed by atoms with Crippen LogP contribution in [0.2, 0.25) is 0 Å². The second-order valence-corrected chi connectivity index (χ2v) is 14.1. The molecule has 5 heteroatoms. The average Bonchev–Trinajstić information content (AvgIpc) is 2.92. The number of quaternary nitrogens is 2. The molecule has 39 heavy (non-hydrogen) atoms. The molecular weight excluding hydrogens is 480 g/mol. The van der Waals surface area contributed by atoms with Gasteiger partial charge in [0.1, 0.15) is 0 Å². The Morgan fingerprint density at radius 2 is 1.03 bits per heavy atom. The van der Waals surface area contributed by atoms with Crippen LogP contribution in [0.3, 0.4) is 0 Å². The molecule has 0 aromatic heterocycles. The highest BCUT2D eigenvalue weighted by Crippen LogP contribution is 2.60. The first kappa shape index (κ1) is 32.9. The molecule has 228 valence electrons. The van der Waals surface area contributed by atoms with E-state index in [1.54, 1.807) is 4.90 Å². The molecule has 0 saturated heterocycles. The summed E-state index contributed by atoms with van der Waals surface area (Å²) in [7, 11) is 2.08. The summed E-state index contributed by atoms with van der Waals surface area (Å²) >= 11 is 0. The summed E-state index contributed by atoms with van der Waals surface area (Å²) < 4.78 is 0. The molecule has 0 radical (unpaired) electrons. The van der Waals surface area contributed by atoms with E-state index in [4.69, 9.17) is 0 Å². The Kier molecular flexibility index (Phi) is 15.8. The predicted octanol–water partition coefficient (Wildman–Crippen LogP) is 4.03. The smallest absolute Gasteiger partial charge is 0.226 e. The Hall–Kier alpha value is -0.650. The minimum atomic E-state index is 0.0133. The fourth-order valence-corrected chi connectivity index (χ4v) is 8.74. The largest absolute Gasteiger partial charge is 0.355 e. The number of hydrogen-bond acceptors (Lipinski definition) is 2. The highest BCUT2D eigenvalue weighted by molar-refractivity contribution is 5.83. The van der Waals surface area contributed by atoms with Crippen molar-refractivity contribution in [3.05, 3.63) is 0 Å². The standard InChI is InChI=1S/C34H66N4O/c1-4-6-8-10-18-37(22-14-16-35-3)20-12-13-21-38(19-11-9-7-5-2)23-15-17-36-33(39)34-27-30-24-31(28-34)26-32(25-30)29-34/h30-32,35H,4-29H2,1-3H3,(H,36,39)/p+2. The van der Waals surface area contributed by atoms with Gasteiger partial charge in [0.25, 0.3) is 0 Å². The first-order valence-corrected chi connectivity index (χ1v) is 17.7. The lowest BCUT2D eigenvalue weighted by Crippen LogP contribution is -3.13. The fraction of sp³-hybridized carbons (Fsp3) is 0.971. The molecule has 4 N–H and O–H groups in total. The molecule has 0 aromatic carbocycles. The summed E-state index contributed by atoms with van der Waals surface area (Å²) in [5.74, 6) is 2.97. The van der Waals surface area contributed by atoms with Crippen LogP contribution in [0.4, 0.5) is 0 Å². The number of hydrogen-bond donors (Lipinski definition) is 4. The van der Waals surface area contributed by atoms with Gasteiger partial charge in [0.15, 0.2) is 0 Å². The summed E-state index contributed by atoms with van der Waals surface area (Å²) in [5.41, 5.74) is 0.0133. The van der Waals surface area contributed by atoms with E-state index in [2.05, 4.69) is 31.5 Å². The zero-order chi connectivity index (χ0) is 27.8. The zero-order valence-electron chi connectivity index (χ0n) is 26.5. The summed E-state index contributed by atoms with van der Waals surface area (Å²) in [6.45, 7) is 14.5. The quantitative estimate of drug-likeness (QED) is 0.138. The molecule has 4 rings (SSSR count). The van der Waals surface area contributed by atoms with E-state index in [1.165, 1.54) is 148 Å². The molecule has 0 heterocycles. The molecule has 0 aliphatic heterocycles. The Morgan fingerprint density at radius 1 is 0.615 bits per heavy atom. The van der Waals surface area contributed by atoms with Gasteiger partial charge in [-0.1, -0.05) is 39.5 Å². The van der Waals surface area contributed by atoms with Crippen LogP contribution in [0, 0.1) is 23.2 Å². The van der Waals surface area contributed by atoms with Gasteiger partial charge in [-0.05, 0) is 89.0 Å². The van der Waals surface area contributed by atoms with Crippen LogP contribution in [0.25, 0.3) is 0 Å². The van der Waals surface area contributed by atoms with Crippen molar-refractivity contribution < 1.29 is 14.6 Å². The highest BCUT2D eigenvalue weighted by atomic mass is 16.2. The molecule has 0 aromatic rings. The monoisotopic (exact) mass is 549 g/mol. The van der Waals surface area contributed by atoms with Crippen LogP contribution in [0.5, 0.6) is 0 Å². The van der Waals surface area contributed by atoms with Crippen molar-refractivity contribution in [1.29, 1.82) is 0 Å². The van der Waals surface area contributed by atoms with Gasteiger partial charge in [-0.3, -0.25) is 4.79 Å². The van der Waals surface area contributed by atoms with Crippen LogP contribution in [0.1, 0.15) is 129 Å². The highest BCUT2D eigenvalue weighted by Gasteiger charge is 2.54. The third-order valence-electron chi connectivity index (χ3n) is 10.5. The van der Waals surface area contributed by atoms with E-state index in [9.17, 15) is 4.79 Å². The maximum atomic E-state index is 13.3. The van der Waals surface area contributed by atoms with Crippen LogP contribution >= 0.6 is 0 Å². The molecule has 4 saturated carbocycles. The second kappa shape index (κ2) is 18.7. The molecule has 2 atom stereocenters. The topological polar surface area (TPSA) is 50.0 Å². The molecule has 2 unspecified atom stereocenters. The normalized spacial score (nSPS) is 27.1. The van der Waals surface area contributed by atoms with Crippen molar-refractivity contribution in [2.24, 2.45) is 23.2 Å². The summed E-state index contributed by atoms with van der Waals surface area (Å²) in [4.78, 5) is 17.0. The minimum absolute atomic E-state index is 0.0133. The van der Waals surface area contributed by atoms with Crippen molar-refractivity contribution in [1.82, 2.24) is 10.6 Å². The molecule has 4 bridgehead atoms. The lowest BCUT2D eigenvalue weighted by atomic mass is 9.49. The fourth-order valence-electron chi connectivity index (χ4n) is 8.74. The first-order valence-electron chi connectivity index (χ1n) is 17.7. The SMILES string of the molecule is CCCCCC[NH+](CCCC[NH+](CCCCCC)CCCNC(=O)C12CC3CC(CC(C3)C1)C2)CCCNC. The zero-order valence-corrected chi connectivity index (χ0v) is 26.5. The van der Waals surface area contributed by atoms with Crippen molar-refractivity contribution in [3.8, 4) is 0 Å². The van der Waals surface area contributed by atoms with E-state index >= 15 is 0 Å². The lowest BCUT2D eigenvalue weighted by molar-refractivity contribution is -0.907. The van der Waals surface area contributed by atoms with Gasteiger partial charge in [-0.15, -0.1) is 0 Å². The van der Waals surface area contributed by atoms with Crippen LogP contribution in [-0.2, 0) is 4.79 Å². The summed E-state index contributed by atoms with van der Waals surface area (Å²) in [6, 6.07) is 0. The third kappa shape index (κ3) is 11.6. The molecule has 4 aliphatic rings. The Balaban J connectivity index is 1.35. The van der Waals surface area contributed by atoms with Gasteiger partial charge in [0.2, 0.25) is 5.91 Å². The minimum Gasteiger partial charge on any atom is -0.355 e. The van der Waals surface area contributed by atoms with Gasteiger partial charge in [-0.25, -0.2) is 0 Å². The second-order valence-electron chi connectivity index (χ2n) is 14.1. The van der Waals surface area contributed by atoms with Crippen LogP contribution in [0.15, 0.2) is 0 Å². The molecule has 4 fully saturated rings. The Morgan fingerprint density at radius 3 is 1.46 bits per heavy atom. The number of carbonyl (C=O) groups excluding carboxylic acids is 1. The van der Waals surface area contributed by atoms with Crippen molar-refractivity contribution in [3.63, 3.8) is 0 Å². The Labute approximate surface area is 243 Å². The van der Waals surface area contributed by atoms with Gasteiger partial charge < -0.3 is 20.4 Å². The number of nitrogens with one attached hydrogen (secondary N) is 4. The molecule has 5 nitrogen and oxygen atoms in total. The van der Waals surface area contributed by atoms with Gasteiger partial charge in [0.05, 0.1) is 39.3 Å². The molecular formula is C34H68N4O+2. The van der Waals surface area contributed by atoms with Crippen LogP contribution < -0.4 is 20.4 Å². The maximum absolute atomic E-state index is 13.3. The van der Waals surface area contributed by atoms with Crippen molar-refractivity contribution in [2.45, 2.75) is 129 Å². The van der Waals surface area contributed by atoms with E-state index in [0.29, 0.717) is 5.91 Å². The average molecular weight is 549 g/mol. The summed E-state index contributed by atoms with van der Waals surface area (Å²) in [5, 5.41) is 6.78. The Bertz CT molecular complexity index is 618. The summed E-state index contributed by atoms with van der Waals surface area (Å²) in [6.07, 6.45) is 23.9. The van der Waals surface area contributed by atoms with Gasteiger partial charge in [0, 0.05) is 44.2 Å². The maximum Gasteiger partial charge on any atom is 0.226 e. The van der Waals surface area contributed by atoms with Crippen molar-refractivity contribution in [2.75, 3.05) is 59.4 Å². The number of rotatable bonds is 24. The number of amides is 1. The van der Waals surface area contributed by atoms with Crippen molar-refractivity contribution >= 4 is 5.91 Å². The third-order valence-corrected chi connectivity index (χ3v) is 10.5. The van der Waals surface area contributed by atoms with Crippen LogP contribution in [-0.4, -0.2) is 65.3 Å². The predicted molar refractivity (Wildman–Crippen MR) is 165 cm³/mol. The van der Waals surface area contributed by atoms with E-state index in [1.807, 2.05) is 4.90 Å². The van der Waals surface area contributed by atoms with E-state index in [-0.39, 0.29) is 5.41 Å². The molecule has 1 amide bonds. The number of unbranched alkanes of at least 4 members (excludes halogenated alkanes) is 7. The van der Waals surface area contributed by atoms with E-state index < -0.39 is 0 Å².